The van der Waals surface area contributed by atoms with Crippen molar-refractivity contribution in [1.29, 1.82) is 0 Å². The molecule has 1 saturated heterocycles. The maximum Gasteiger partial charge on any atom is 0.261 e. The highest BCUT2D eigenvalue weighted by atomic mass is 19.1. The van der Waals surface area contributed by atoms with Crippen molar-refractivity contribution >= 4 is 10.9 Å². The number of aryl methyl sites for hydroxylation is 1. The first-order chi connectivity index (χ1) is 13.1. The number of halogens is 1. The van der Waals surface area contributed by atoms with E-state index in [0.29, 0.717) is 11.3 Å². The Morgan fingerprint density at radius 3 is 2.52 bits per heavy atom. The van der Waals surface area contributed by atoms with Crippen LogP contribution in [0.25, 0.3) is 10.9 Å². The minimum atomic E-state index is -0.192. The van der Waals surface area contributed by atoms with E-state index in [9.17, 15) is 9.18 Å². The van der Waals surface area contributed by atoms with Gasteiger partial charge in [-0.3, -0.25) is 14.3 Å². The minimum absolute atomic E-state index is 0.0619. The van der Waals surface area contributed by atoms with Gasteiger partial charge in [-0.25, -0.2) is 9.37 Å². The number of benzene rings is 2. The molecule has 0 saturated carbocycles. The van der Waals surface area contributed by atoms with Gasteiger partial charge in [-0.15, -0.1) is 0 Å². The molecule has 2 aromatic carbocycles. The second kappa shape index (κ2) is 7.61. The second-order valence-corrected chi connectivity index (χ2v) is 7.44. The van der Waals surface area contributed by atoms with Crippen LogP contribution in [0.3, 0.4) is 0 Å². The molecule has 0 unspecified atom stereocenters. The van der Waals surface area contributed by atoms with Gasteiger partial charge in [0.05, 0.1) is 10.9 Å². The number of likely N-dealkylation sites (tertiary alicyclic amines) is 1. The van der Waals surface area contributed by atoms with Crippen LogP contribution in [0, 0.1) is 18.7 Å². The molecule has 27 heavy (non-hydrogen) atoms. The highest BCUT2D eigenvalue weighted by Crippen LogP contribution is 2.21. The molecule has 1 aliphatic heterocycles. The Morgan fingerprint density at radius 2 is 1.78 bits per heavy atom. The molecule has 3 aromatic rings. The van der Waals surface area contributed by atoms with Gasteiger partial charge in [0.1, 0.15) is 11.6 Å². The fourth-order valence-corrected chi connectivity index (χ4v) is 3.93. The van der Waals surface area contributed by atoms with E-state index in [1.165, 1.54) is 12.1 Å². The number of nitrogens with zero attached hydrogens (tertiary/aromatic N) is 3. The van der Waals surface area contributed by atoms with Crippen LogP contribution in [0.4, 0.5) is 4.39 Å². The molecule has 0 N–H and O–H groups in total. The average molecular weight is 365 g/mol. The zero-order valence-corrected chi connectivity index (χ0v) is 15.6. The summed E-state index contributed by atoms with van der Waals surface area (Å²) in [5, 5.41) is 0.692. The normalized spacial score (nSPS) is 16.1. The lowest BCUT2D eigenvalue weighted by molar-refractivity contribution is 0.166. The summed E-state index contributed by atoms with van der Waals surface area (Å²) in [7, 11) is 0. The van der Waals surface area contributed by atoms with E-state index < -0.39 is 0 Å². The lowest BCUT2D eigenvalue weighted by Crippen LogP contribution is -2.36. The van der Waals surface area contributed by atoms with Crippen LogP contribution >= 0.6 is 0 Å². The number of rotatable bonds is 4. The molecule has 4 rings (SSSR count). The Bertz CT molecular complexity index is 989. The molecule has 1 fully saturated rings. The molecule has 0 radical (unpaired) electrons. The Morgan fingerprint density at radius 1 is 1.07 bits per heavy atom. The molecule has 1 aliphatic rings. The molecule has 0 aliphatic carbocycles. The molecular weight excluding hydrogens is 341 g/mol. The molecule has 140 valence electrons. The summed E-state index contributed by atoms with van der Waals surface area (Å²) in [5.74, 6) is 1.07. The fourth-order valence-electron chi connectivity index (χ4n) is 3.93. The van der Waals surface area contributed by atoms with Gasteiger partial charge >= 0.3 is 0 Å². The first-order valence-electron chi connectivity index (χ1n) is 9.53. The van der Waals surface area contributed by atoms with Crippen LogP contribution in [0.15, 0.2) is 53.3 Å². The third-order valence-electron chi connectivity index (χ3n) is 5.52. The number of piperidine rings is 1. The monoisotopic (exact) mass is 365 g/mol. The van der Waals surface area contributed by atoms with Crippen LogP contribution < -0.4 is 5.56 Å². The SMILES string of the molecule is Cc1nc2ccccc2c(=O)n1CC1CCN(Cc2ccc(F)cc2)CC1. The van der Waals surface area contributed by atoms with Crippen molar-refractivity contribution in [2.75, 3.05) is 13.1 Å². The fraction of sp³-hybridized carbons (Fsp3) is 0.364. The van der Waals surface area contributed by atoms with Gasteiger partial charge in [0.25, 0.3) is 5.56 Å². The quantitative estimate of drug-likeness (QED) is 0.707. The Hall–Kier alpha value is -2.53. The van der Waals surface area contributed by atoms with Gasteiger partial charge in [-0.1, -0.05) is 24.3 Å². The highest BCUT2D eigenvalue weighted by Gasteiger charge is 2.21. The van der Waals surface area contributed by atoms with Gasteiger partial charge in [-0.05, 0) is 68.6 Å². The van der Waals surface area contributed by atoms with Crippen LogP contribution in [0.5, 0.6) is 0 Å². The van der Waals surface area contributed by atoms with E-state index in [0.717, 1.165) is 55.9 Å². The smallest absolute Gasteiger partial charge is 0.261 e. The predicted molar refractivity (Wildman–Crippen MR) is 105 cm³/mol. The summed E-state index contributed by atoms with van der Waals surface area (Å²) in [6.45, 7) is 5.49. The first kappa shape index (κ1) is 17.9. The van der Waals surface area contributed by atoms with Gasteiger partial charge < -0.3 is 0 Å². The van der Waals surface area contributed by atoms with E-state index in [4.69, 9.17) is 0 Å². The Balaban J connectivity index is 1.41. The topological polar surface area (TPSA) is 38.1 Å². The van der Waals surface area contributed by atoms with Crippen molar-refractivity contribution in [2.45, 2.75) is 32.9 Å². The molecule has 2 heterocycles. The summed E-state index contributed by atoms with van der Waals surface area (Å²) < 4.78 is 14.9. The zero-order valence-electron chi connectivity index (χ0n) is 15.6. The lowest BCUT2D eigenvalue weighted by atomic mass is 9.96. The predicted octanol–water partition coefficient (Wildman–Crippen LogP) is 3.76. The van der Waals surface area contributed by atoms with E-state index in [2.05, 4.69) is 9.88 Å². The molecule has 0 amide bonds. The van der Waals surface area contributed by atoms with Crippen LogP contribution in [0.2, 0.25) is 0 Å². The molecule has 5 heteroatoms. The van der Waals surface area contributed by atoms with Crippen molar-refractivity contribution in [2.24, 2.45) is 5.92 Å². The summed E-state index contributed by atoms with van der Waals surface area (Å²) >= 11 is 0. The molecule has 0 atom stereocenters. The Labute approximate surface area is 158 Å². The highest BCUT2D eigenvalue weighted by molar-refractivity contribution is 5.77. The zero-order chi connectivity index (χ0) is 18.8. The number of hydrogen-bond donors (Lipinski definition) is 0. The molecule has 4 nitrogen and oxygen atoms in total. The Kier molecular flexibility index (Phi) is 5.03. The van der Waals surface area contributed by atoms with Crippen molar-refractivity contribution in [1.82, 2.24) is 14.5 Å². The summed E-state index contributed by atoms with van der Waals surface area (Å²) in [4.78, 5) is 19.8. The standard InChI is InChI=1S/C22H24FN3O/c1-16-24-21-5-3-2-4-20(21)22(27)26(16)15-18-10-12-25(13-11-18)14-17-6-8-19(23)9-7-17/h2-9,18H,10-15H2,1H3. The molecular formula is C22H24FN3O. The first-order valence-corrected chi connectivity index (χ1v) is 9.53. The van der Waals surface area contributed by atoms with Gasteiger partial charge in [0, 0.05) is 13.1 Å². The third-order valence-corrected chi connectivity index (χ3v) is 5.52. The number of fused-ring (bicyclic) bond motifs is 1. The van der Waals surface area contributed by atoms with Crippen molar-refractivity contribution in [3.8, 4) is 0 Å². The average Bonchev–Trinajstić information content (AvgIpc) is 2.68. The van der Waals surface area contributed by atoms with Gasteiger partial charge in [0.2, 0.25) is 0 Å². The van der Waals surface area contributed by atoms with Crippen LogP contribution in [-0.4, -0.2) is 27.5 Å². The maximum absolute atomic E-state index is 13.0. The maximum atomic E-state index is 13.0. The van der Waals surface area contributed by atoms with E-state index in [-0.39, 0.29) is 11.4 Å². The van der Waals surface area contributed by atoms with Crippen LogP contribution in [0.1, 0.15) is 24.2 Å². The van der Waals surface area contributed by atoms with Gasteiger partial charge in [-0.2, -0.15) is 0 Å². The lowest BCUT2D eigenvalue weighted by Gasteiger charge is -2.32. The van der Waals surface area contributed by atoms with Crippen molar-refractivity contribution in [3.05, 3.63) is 76.1 Å². The third kappa shape index (κ3) is 3.93. The van der Waals surface area contributed by atoms with Crippen molar-refractivity contribution < 1.29 is 4.39 Å². The molecule has 0 spiro atoms. The van der Waals surface area contributed by atoms with Crippen LogP contribution in [-0.2, 0) is 13.1 Å². The summed E-state index contributed by atoms with van der Waals surface area (Å²) in [6, 6.07) is 14.3. The van der Waals surface area contributed by atoms with Crippen molar-refractivity contribution in [3.63, 3.8) is 0 Å². The summed E-state index contributed by atoms with van der Waals surface area (Å²) in [6.07, 6.45) is 2.11. The second-order valence-electron chi connectivity index (χ2n) is 7.44. The minimum Gasteiger partial charge on any atom is -0.299 e. The molecule has 1 aromatic heterocycles. The van der Waals surface area contributed by atoms with E-state index in [1.807, 2.05) is 47.9 Å². The number of hydrogen-bond acceptors (Lipinski definition) is 3. The van der Waals surface area contributed by atoms with E-state index >= 15 is 0 Å². The number of aromatic nitrogens is 2. The largest absolute Gasteiger partial charge is 0.299 e. The molecule has 0 bridgehead atoms. The summed E-state index contributed by atoms with van der Waals surface area (Å²) in [5.41, 5.74) is 1.97. The van der Waals surface area contributed by atoms with E-state index in [1.54, 1.807) is 0 Å². The van der Waals surface area contributed by atoms with Gasteiger partial charge in [0.15, 0.2) is 0 Å². The number of para-hydroxylation sites is 1.